The zero-order valence-electron chi connectivity index (χ0n) is 7.63. The van der Waals surface area contributed by atoms with Gasteiger partial charge in [-0.05, 0) is 13.3 Å². The van der Waals surface area contributed by atoms with E-state index in [4.69, 9.17) is 5.73 Å². The number of halogens is 2. The van der Waals surface area contributed by atoms with Crippen molar-refractivity contribution in [3.05, 3.63) is 0 Å². The topological polar surface area (TPSA) is 52.3 Å². The van der Waals surface area contributed by atoms with E-state index in [9.17, 15) is 13.6 Å². The highest BCUT2D eigenvalue weighted by Crippen LogP contribution is 2.08. The first-order valence-corrected chi connectivity index (χ1v) is 4.19. The van der Waals surface area contributed by atoms with E-state index in [1.54, 1.807) is 6.92 Å². The molecule has 0 saturated carbocycles. The van der Waals surface area contributed by atoms with Crippen molar-refractivity contribution in [3.8, 4) is 0 Å². The van der Waals surface area contributed by atoms with Gasteiger partial charge in [-0.2, -0.15) is 0 Å². The number of hydrogen-bond donors (Lipinski definition) is 1. The molecule has 0 fully saturated rings. The normalized spacial score (nSPS) is 13.0. The Bertz CT molecular complexity index is 151. The van der Waals surface area contributed by atoms with Gasteiger partial charge in [0.1, 0.15) is 6.04 Å². The SMILES string of the molecule is CCOC(=O)C(N)CC(CF)CF. The van der Waals surface area contributed by atoms with Crippen LogP contribution in [0, 0.1) is 5.92 Å². The van der Waals surface area contributed by atoms with Gasteiger partial charge in [0.25, 0.3) is 0 Å². The van der Waals surface area contributed by atoms with Crippen LogP contribution in [0.4, 0.5) is 8.78 Å². The van der Waals surface area contributed by atoms with E-state index >= 15 is 0 Å². The molecule has 0 aliphatic heterocycles. The molecule has 5 heteroatoms. The first-order chi connectivity index (χ1) is 6.15. The minimum Gasteiger partial charge on any atom is -0.465 e. The van der Waals surface area contributed by atoms with Crippen LogP contribution in [0.1, 0.15) is 13.3 Å². The molecule has 0 spiro atoms. The lowest BCUT2D eigenvalue weighted by molar-refractivity contribution is -0.145. The van der Waals surface area contributed by atoms with E-state index < -0.39 is 31.3 Å². The summed E-state index contributed by atoms with van der Waals surface area (Å²) >= 11 is 0. The molecule has 2 N–H and O–H groups in total. The molecule has 13 heavy (non-hydrogen) atoms. The second-order valence-corrected chi connectivity index (χ2v) is 2.77. The van der Waals surface area contributed by atoms with Crippen molar-refractivity contribution in [2.24, 2.45) is 11.7 Å². The summed E-state index contributed by atoms with van der Waals surface area (Å²) in [6.45, 7) is 0.266. The average molecular weight is 195 g/mol. The van der Waals surface area contributed by atoms with Gasteiger partial charge in [0.2, 0.25) is 0 Å². The number of esters is 1. The van der Waals surface area contributed by atoms with E-state index in [-0.39, 0.29) is 13.0 Å². The third-order valence-corrected chi connectivity index (χ3v) is 1.61. The minimum atomic E-state index is -0.920. The Balaban J connectivity index is 3.82. The van der Waals surface area contributed by atoms with Crippen LogP contribution in [0.25, 0.3) is 0 Å². The molecule has 0 amide bonds. The Morgan fingerprint density at radius 3 is 2.38 bits per heavy atom. The highest BCUT2D eigenvalue weighted by Gasteiger charge is 2.20. The standard InChI is InChI=1S/C8H15F2NO2/c1-2-13-8(12)7(11)3-6(4-9)5-10/h6-7H,2-5,11H2,1H3. The molecular weight excluding hydrogens is 180 g/mol. The van der Waals surface area contributed by atoms with Crippen molar-refractivity contribution in [2.75, 3.05) is 20.0 Å². The first-order valence-electron chi connectivity index (χ1n) is 4.19. The van der Waals surface area contributed by atoms with E-state index in [0.29, 0.717) is 0 Å². The summed E-state index contributed by atoms with van der Waals surface area (Å²) in [6.07, 6.45) is -0.00810. The summed E-state index contributed by atoms with van der Waals surface area (Å²) in [7, 11) is 0. The maximum Gasteiger partial charge on any atom is 0.322 e. The third kappa shape index (κ3) is 4.77. The Labute approximate surface area is 76.2 Å². The number of nitrogens with two attached hydrogens (primary N) is 1. The van der Waals surface area contributed by atoms with Crippen LogP contribution in [-0.2, 0) is 9.53 Å². The maximum absolute atomic E-state index is 12.0. The quantitative estimate of drug-likeness (QED) is 0.638. The highest BCUT2D eigenvalue weighted by molar-refractivity contribution is 5.75. The zero-order chi connectivity index (χ0) is 10.3. The van der Waals surface area contributed by atoms with Gasteiger partial charge in [-0.3, -0.25) is 13.6 Å². The van der Waals surface area contributed by atoms with Crippen molar-refractivity contribution in [2.45, 2.75) is 19.4 Å². The van der Waals surface area contributed by atoms with Gasteiger partial charge in [0.15, 0.2) is 0 Å². The number of rotatable bonds is 6. The van der Waals surface area contributed by atoms with E-state index in [2.05, 4.69) is 4.74 Å². The molecule has 0 aromatic rings. The fourth-order valence-corrected chi connectivity index (χ4v) is 0.872. The van der Waals surface area contributed by atoms with Crippen molar-refractivity contribution in [1.29, 1.82) is 0 Å². The molecule has 0 aromatic carbocycles. The molecule has 1 atom stereocenters. The van der Waals surface area contributed by atoms with Crippen molar-refractivity contribution in [1.82, 2.24) is 0 Å². The number of hydrogen-bond acceptors (Lipinski definition) is 3. The first kappa shape index (κ1) is 12.3. The van der Waals surface area contributed by atoms with Crippen LogP contribution in [0.5, 0.6) is 0 Å². The molecular formula is C8H15F2NO2. The molecule has 0 bridgehead atoms. The summed E-state index contributed by atoms with van der Waals surface area (Å²) in [5, 5.41) is 0. The lowest BCUT2D eigenvalue weighted by atomic mass is 10.0. The second-order valence-electron chi connectivity index (χ2n) is 2.77. The Hall–Kier alpha value is -0.710. The van der Waals surface area contributed by atoms with Crippen LogP contribution in [-0.4, -0.2) is 32.0 Å². The van der Waals surface area contributed by atoms with Crippen LogP contribution in [0.15, 0.2) is 0 Å². The van der Waals surface area contributed by atoms with Crippen molar-refractivity contribution < 1.29 is 18.3 Å². The largest absolute Gasteiger partial charge is 0.465 e. The minimum absolute atomic E-state index is 0.00810. The van der Waals surface area contributed by atoms with Gasteiger partial charge >= 0.3 is 5.97 Å². The fourth-order valence-electron chi connectivity index (χ4n) is 0.872. The summed E-state index contributed by atoms with van der Waals surface area (Å²) in [4.78, 5) is 10.9. The van der Waals surface area contributed by atoms with Gasteiger partial charge in [-0.25, -0.2) is 0 Å². The predicted octanol–water partition coefficient (Wildman–Crippen LogP) is 0.822. The van der Waals surface area contributed by atoms with Gasteiger partial charge in [0.05, 0.1) is 20.0 Å². The van der Waals surface area contributed by atoms with Crippen LogP contribution >= 0.6 is 0 Å². The lowest BCUT2D eigenvalue weighted by Gasteiger charge is -2.14. The van der Waals surface area contributed by atoms with Crippen LogP contribution in [0.2, 0.25) is 0 Å². The molecule has 78 valence electrons. The van der Waals surface area contributed by atoms with Gasteiger partial charge in [-0.15, -0.1) is 0 Å². The molecule has 0 radical (unpaired) electrons. The molecule has 0 aliphatic carbocycles. The summed E-state index contributed by atoms with van der Waals surface area (Å²) < 4.78 is 28.6. The summed E-state index contributed by atoms with van der Waals surface area (Å²) in [5.74, 6) is -1.39. The third-order valence-electron chi connectivity index (χ3n) is 1.61. The van der Waals surface area contributed by atoms with E-state index in [1.807, 2.05) is 0 Å². The molecule has 0 saturated heterocycles. The smallest absolute Gasteiger partial charge is 0.322 e. The molecule has 1 unspecified atom stereocenters. The number of ether oxygens (including phenoxy) is 1. The highest BCUT2D eigenvalue weighted by atomic mass is 19.1. The van der Waals surface area contributed by atoms with Gasteiger partial charge in [0, 0.05) is 5.92 Å². The van der Waals surface area contributed by atoms with Crippen LogP contribution in [0.3, 0.4) is 0 Å². The summed E-state index contributed by atoms with van der Waals surface area (Å²) in [5.41, 5.74) is 5.35. The van der Waals surface area contributed by atoms with Gasteiger partial charge < -0.3 is 10.5 Å². The maximum atomic E-state index is 12.0. The molecule has 3 nitrogen and oxygen atoms in total. The molecule has 0 rings (SSSR count). The molecule has 0 aromatic heterocycles. The van der Waals surface area contributed by atoms with E-state index in [1.165, 1.54) is 0 Å². The number of carbonyl (C=O) groups excluding carboxylic acids is 1. The number of carbonyl (C=O) groups is 1. The molecule has 0 aliphatic rings. The Morgan fingerprint density at radius 2 is 2.00 bits per heavy atom. The number of alkyl halides is 2. The lowest BCUT2D eigenvalue weighted by Crippen LogP contribution is -2.35. The Morgan fingerprint density at radius 1 is 1.46 bits per heavy atom. The van der Waals surface area contributed by atoms with Crippen molar-refractivity contribution >= 4 is 5.97 Å². The zero-order valence-corrected chi connectivity index (χ0v) is 7.63. The Kier molecular flexibility index (Phi) is 6.40. The average Bonchev–Trinajstić information content (AvgIpc) is 2.14. The molecule has 0 heterocycles. The predicted molar refractivity (Wildman–Crippen MR) is 44.7 cm³/mol. The summed E-state index contributed by atoms with van der Waals surface area (Å²) in [6, 6.07) is -0.920. The monoisotopic (exact) mass is 195 g/mol. The van der Waals surface area contributed by atoms with Crippen LogP contribution < -0.4 is 5.73 Å². The fraction of sp³-hybridized carbons (Fsp3) is 0.875. The van der Waals surface area contributed by atoms with Gasteiger partial charge in [-0.1, -0.05) is 0 Å². The van der Waals surface area contributed by atoms with Crippen molar-refractivity contribution in [3.63, 3.8) is 0 Å². The van der Waals surface area contributed by atoms with E-state index in [0.717, 1.165) is 0 Å². The second kappa shape index (κ2) is 6.77.